The second-order valence-electron chi connectivity index (χ2n) is 6.42. The van der Waals surface area contributed by atoms with Crippen LogP contribution in [0.5, 0.6) is 5.75 Å². The summed E-state index contributed by atoms with van der Waals surface area (Å²) in [4.78, 5) is 36.3. The summed E-state index contributed by atoms with van der Waals surface area (Å²) in [6.45, 7) is 4.12. The molecule has 1 atom stereocenters. The third-order valence-corrected chi connectivity index (χ3v) is 4.32. The zero-order valence-corrected chi connectivity index (χ0v) is 17.7. The summed E-state index contributed by atoms with van der Waals surface area (Å²) in [6.07, 6.45) is -0.496. The van der Waals surface area contributed by atoms with E-state index in [1.165, 1.54) is 6.92 Å². The van der Waals surface area contributed by atoms with Gasteiger partial charge in [0, 0.05) is 23.6 Å². The molecule has 0 saturated carbocycles. The van der Waals surface area contributed by atoms with Gasteiger partial charge in [-0.15, -0.1) is 0 Å². The van der Waals surface area contributed by atoms with E-state index < -0.39 is 18.0 Å². The maximum absolute atomic E-state index is 12.3. The van der Waals surface area contributed by atoms with E-state index >= 15 is 0 Å². The molecule has 2 amide bonds. The number of benzene rings is 2. The summed E-state index contributed by atoms with van der Waals surface area (Å²) in [5, 5.41) is 5.96. The number of esters is 1. The van der Waals surface area contributed by atoms with Gasteiger partial charge >= 0.3 is 5.97 Å². The maximum atomic E-state index is 12.3. The molecule has 0 spiro atoms. The Morgan fingerprint density at radius 1 is 1.07 bits per heavy atom. The van der Waals surface area contributed by atoms with Crippen LogP contribution in [0.3, 0.4) is 0 Å². The van der Waals surface area contributed by atoms with Crippen LogP contribution < -0.4 is 15.4 Å². The minimum Gasteiger partial charge on any atom is -0.492 e. The van der Waals surface area contributed by atoms with E-state index in [1.54, 1.807) is 48.5 Å². The van der Waals surface area contributed by atoms with Crippen LogP contribution in [0, 0.1) is 0 Å². The molecule has 8 heteroatoms. The highest BCUT2D eigenvalue weighted by Gasteiger charge is 2.19. The van der Waals surface area contributed by atoms with Crippen LogP contribution in [0.25, 0.3) is 0 Å². The number of para-hydroxylation sites is 2. The Kier molecular flexibility index (Phi) is 9.15. The van der Waals surface area contributed by atoms with Gasteiger partial charge in [0.2, 0.25) is 0 Å². The van der Waals surface area contributed by atoms with Crippen molar-refractivity contribution in [3.8, 4) is 5.75 Å². The lowest BCUT2D eigenvalue weighted by Gasteiger charge is -2.15. The first kappa shape index (κ1) is 23.2. The van der Waals surface area contributed by atoms with Crippen molar-refractivity contribution in [2.75, 3.05) is 18.5 Å². The van der Waals surface area contributed by atoms with E-state index in [2.05, 4.69) is 10.6 Å². The van der Waals surface area contributed by atoms with Gasteiger partial charge < -0.3 is 20.1 Å². The SMILES string of the molecule is CCOc1ccccc1NC(=O)C(C)OC(=O)CCCNC(=O)c1ccc(Cl)cc1. The summed E-state index contributed by atoms with van der Waals surface area (Å²) < 4.78 is 10.6. The Balaban J connectivity index is 1.72. The maximum Gasteiger partial charge on any atom is 0.306 e. The van der Waals surface area contributed by atoms with Gasteiger partial charge in [0.05, 0.1) is 12.3 Å². The first-order valence-electron chi connectivity index (χ1n) is 9.66. The van der Waals surface area contributed by atoms with Gasteiger partial charge in [-0.1, -0.05) is 23.7 Å². The lowest BCUT2D eigenvalue weighted by atomic mass is 10.2. The van der Waals surface area contributed by atoms with Crippen LogP contribution in [0.4, 0.5) is 5.69 Å². The topological polar surface area (TPSA) is 93.7 Å². The molecule has 0 heterocycles. The molecular formula is C22H25ClN2O5. The highest BCUT2D eigenvalue weighted by molar-refractivity contribution is 6.30. The fourth-order valence-corrected chi connectivity index (χ4v) is 2.66. The number of halogens is 1. The number of anilines is 1. The highest BCUT2D eigenvalue weighted by Crippen LogP contribution is 2.23. The second-order valence-corrected chi connectivity index (χ2v) is 6.85. The van der Waals surface area contributed by atoms with Crippen LogP contribution >= 0.6 is 11.6 Å². The quantitative estimate of drug-likeness (QED) is 0.439. The summed E-state index contributed by atoms with van der Waals surface area (Å²) in [5.74, 6) is -0.674. The van der Waals surface area contributed by atoms with Gasteiger partial charge in [0.25, 0.3) is 11.8 Å². The van der Waals surface area contributed by atoms with E-state index in [-0.39, 0.29) is 12.3 Å². The molecular weight excluding hydrogens is 408 g/mol. The average Bonchev–Trinajstić information content (AvgIpc) is 2.73. The molecule has 0 aliphatic carbocycles. The molecule has 2 rings (SSSR count). The molecule has 0 bridgehead atoms. The van der Waals surface area contributed by atoms with Crippen LogP contribution in [-0.2, 0) is 14.3 Å². The van der Waals surface area contributed by atoms with Crippen molar-refractivity contribution in [1.82, 2.24) is 5.32 Å². The molecule has 0 aliphatic rings. The minimum absolute atomic E-state index is 0.0774. The van der Waals surface area contributed by atoms with Crippen molar-refractivity contribution in [3.63, 3.8) is 0 Å². The van der Waals surface area contributed by atoms with E-state index in [4.69, 9.17) is 21.1 Å². The third kappa shape index (κ3) is 7.40. The predicted molar refractivity (Wildman–Crippen MR) is 115 cm³/mol. The molecule has 2 aromatic carbocycles. The van der Waals surface area contributed by atoms with Crippen LogP contribution in [0.15, 0.2) is 48.5 Å². The number of hydrogen-bond acceptors (Lipinski definition) is 5. The van der Waals surface area contributed by atoms with Crippen LogP contribution in [-0.4, -0.2) is 37.0 Å². The monoisotopic (exact) mass is 432 g/mol. The number of hydrogen-bond donors (Lipinski definition) is 2. The van der Waals surface area contributed by atoms with Crippen LogP contribution in [0.1, 0.15) is 37.0 Å². The van der Waals surface area contributed by atoms with Gasteiger partial charge in [-0.2, -0.15) is 0 Å². The molecule has 2 N–H and O–H groups in total. The molecule has 0 aromatic heterocycles. The highest BCUT2D eigenvalue weighted by atomic mass is 35.5. The Morgan fingerprint density at radius 3 is 2.47 bits per heavy atom. The first-order chi connectivity index (χ1) is 14.4. The first-order valence-corrected chi connectivity index (χ1v) is 10.0. The molecule has 160 valence electrons. The van der Waals surface area contributed by atoms with Crippen molar-refractivity contribution in [2.24, 2.45) is 0 Å². The molecule has 0 fully saturated rings. The molecule has 30 heavy (non-hydrogen) atoms. The molecule has 2 aromatic rings. The summed E-state index contributed by atoms with van der Waals surface area (Å²) in [5.41, 5.74) is 0.997. The largest absolute Gasteiger partial charge is 0.492 e. The average molecular weight is 433 g/mol. The lowest BCUT2D eigenvalue weighted by Crippen LogP contribution is -2.30. The molecule has 7 nitrogen and oxygen atoms in total. The van der Waals surface area contributed by atoms with Gasteiger partial charge in [-0.3, -0.25) is 14.4 Å². The number of rotatable bonds is 10. The lowest BCUT2D eigenvalue weighted by molar-refractivity contribution is -0.153. The van der Waals surface area contributed by atoms with Crippen molar-refractivity contribution in [1.29, 1.82) is 0 Å². The Bertz CT molecular complexity index is 870. The number of nitrogens with one attached hydrogen (secondary N) is 2. The second kappa shape index (κ2) is 11.8. The Hall–Kier alpha value is -3.06. The van der Waals surface area contributed by atoms with Gasteiger partial charge in [-0.05, 0) is 56.7 Å². The van der Waals surface area contributed by atoms with E-state index in [0.717, 1.165) is 0 Å². The minimum atomic E-state index is -0.962. The van der Waals surface area contributed by atoms with E-state index in [1.807, 2.05) is 6.92 Å². The predicted octanol–water partition coefficient (Wildman–Crippen LogP) is 3.82. The standard InChI is InChI=1S/C22H25ClN2O5/c1-3-29-19-8-5-4-7-18(19)25-21(27)15(2)30-20(26)9-6-14-24-22(28)16-10-12-17(23)13-11-16/h4-5,7-8,10-13,15H,3,6,9,14H2,1-2H3,(H,24,28)(H,25,27). The number of carbonyl (C=O) groups excluding carboxylic acids is 3. The third-order valence-electron chi connectivity index (χ3n) is 4.07. The Morgan fingerprint density at radius 2 is 1.77 bits per heavy atom. The zero-order valence-electron chi connectivity index (χ0n) is 16.9. The number of carbonyl (C=O) groups is 3. The summed E-state index contributed by atoms with van der Waals surface area (Å²) >= 11 is 5.79. The summed E-state index contributed by atoms with van der Waals surface area (Å²) in [7, 11) is 0. The Labute approximate surface area is 180 Å². The molecule has 1 unspecified atom stereocenters. The van der Waals surface area contributed by atoms with Gasteiger partial charge in [-0.25, -0.2) is 0 Å². The fraction of sp³-hybridized carbons (Fsp3) is 0.318. The summed E-state index contributed by atoms with van der Waals surface area (Å²) in [6, 6.07) is 13.5. The van der Waals surface area contributed by atoms with Crippen molar-refractivity contribution < 1.29 is 23.9 Å². The normalized spacial score (nSPS) is 11.3. The number of ether oxygens (including phenoxy) is 2. The van der Waals surface area contributed by atoms with Crippen LogP contribution in [0.2, 0.25) is 5.02 Å². The smallest absolute Gasteiger partial charge is 0.306 e. The van der Waals surface area contributed by atoms with Gasteiger partial charge in [0.15, 0.2) is 6.10 Å². The molecule has 0 saturated heterocycles. The van der Waals surface area contributed by atoms with Crippen molar-refractivity contribution in [3.05, 3.63) is 59.1 Å². The van der Waals surface area contributed by atoms with Crippen molar-refractivity contribution in [2.45, 2.75) is 32.8 Å². The fourth-order valence-electron chi connectivity index (χ4n) is 2.53. The van der Waals surface area contributed by atoms with E-state index in [0.29, 0.717) is 41.6 Å². The molecule has 0 aliphatic heterocycles. The van der Waals surface area contributed by atoms with Crippen molar-refractivity contribution >= 4 is 35.1 Å². The molecule has 0 radical (unpaired) electrons. The van der Waals surface area contributed by atoms with Gasteiger partial charge in [0.1, 0.15) is 5.75 Å². The zero-order chi connectivity index (χ0) is 21.9. The number of amides is 2. The van der Waals surface area contributed by atoms with E-state index in [9.17, 15) is 14.4 Å².